The number of benzene rings is 3. The summed E-state index contributed by atoms with van der Waals surface area (Å²) in [6.07, 6.45) is 3.44. The Labute approximate surface area is 176 Å². The second kappa shape index (κ2) is 9.74. The summed E-state index contributed by atoms with van der Waals surface area (Å²) in [7, 11) is 0. The number of amides is 2. The first kappa shape index (κ1) is 19.7. The molecule has 3 aromatic carbocycles. The van der Waals surface area contributed by atoms with Crippen molar-refractivity contribution in [3.63, 3.8) is 0 Å². The van der Waals surface area contributed by atoms with E-state index >= 15 is 0 Å². The van der Waals surface area contributed by atoms with E-state index in [4.69, 9.17) is 0 Å². The highest BCUT2D eigenvalue weighted by atomic mass is 16.2. The van der Waals surface area contributed by atoms with Crippen LogP contribution in [0.2, 0.25) is 0 Å². The van der Waals surface area contributed by atoms with Gasteiger partial charge in [0.25, 0.3) is 0 Å². The molecule has 0 saturated heterocycles. The van der Waals surface area contributed by atoms with Crippen molar-refractivity contribution in [3.8, 4) is 0 Å². The lowest BCUT2D eigenvalue weighted by molar-refractivity contribution is 0.236. The minimum absolute atomic E-state index is 0.0776. The van der Waals surface area contributed by atoms with Crippen LogP contribution in [0.5, 0.6) is 0 Å². The van der Waals surface area contributed by atoms with Crippen LogP contribution in [-0.2, 0) is 13.0 Å². The number of para-hydroxylation sites is 2. The second-order valence-electron chi connectivity index (χ2n) is 7.33. The quantitative estimate of drug-likeness (QED) is 0.422. The van der Waals surface area contributed by atoms with E-state index in [1.807, 2.05) is 60.9 Å². The molecule has 5 heteroatoms. The smallest absolute Gasteiger partial charge is 0.315 e. The molecule has 0 saturated carbocycles. The maximum absolute atomic E-state index is 12.5. The molecule has 0 aliphatic heterocycles. The van der Waals surface area contributed by atoms with Gasteiger partial charge in [-0.1, -0.05) is 72.8 Å². The number of carbonyl (C=O) groups excluding carboxylic acids is 1. The average Bonchev–Trinajstić information content (AvgIpc) is 3.21. The molecule has 1 aromatic heterocycles. The third-order valence-corrected chi connectivity index (χ3v) is 5.18. The Kier molecular flexibility index (Phi) is 6.40. The topological polar surface area (TPSA) is 59.0 Å². The first-order valence-corrected chi connectivity index (χ1v) is 10.3. The number of rotatable bonds is 8. The van der Waals surface area contributed by atoms with Gasteiger partial charge in [-0.15, -0.1) is 0 Å². The van der Waals surface area contributed by atoms with E-state index in [1.165, 1.54) is 5.56 Å². The molecule has 0 bridgehead atoms. The van der Waals surface area contributed by atoms with E-state index in [0.717, 1.165) is 36.0 Å². The number of fused-ring (bicyclic) bond motifs is 1. The summed E-state index contributed by atoms with van der Waals surface area (Å²) >= 11 is 0. The molecule has 4 aromatic rings. The van der Waals surface area contributed by atoms with Gasteiger partial charge < -0.3 is 15.2 Å². The Morgan fingerprint density at radius 1 is 0.900 bits per heavy atom. The summed E-state index contributed by atoms with van der Waals surface area (Å²) < 4.78 is 2.12. The van der Waals surface area contributed by atoms with Crippen molar-refractivity contribution in [2.24, 2.45) is 0 Å². The number of urea groups is 1. The lowest BCUT2D eigenvalue weighted by Gasteiger charge is -2.20. The molecule has 0 unspecified atom stereocenters. The molecule has 4 rings (SSSR count). The molecule has 152 valence electrons. The van der Waals surface area contributed by atoms with Gasteiger partial charge in [0, 0.05) is 13.1 Å². The Bertz CT molecular complexity index is 1080. The number of aryl methyl sites for hydroxylation is 1. The van der Waals surface area contributed by atoms with Crippen LogP contribution in [0.1, 0.15) is 23.6 Å². The van der Waals surface area contributed by atoms with Crippen molar-refractivity contribution < 1.29 is 4.79 Å². The number of hydrogen-bond acceptors (Lipinski definition) is 2. The van der Waals surface area contributed by atoms with Crippen LogP contribution >= 0.6 is 0 Å². The van der Waals surface area contributed by atoms with Crippen LogP contribution in [0.15, 0.2) is 91.3 Å². The average molecular weight is 399 g/mol. The zero-order valence-electron chi connectivity index (χ0n) is 16.9. The van der Waals surface area contributed by atoms with E-state index in [2.05, 4.69) is 50.5 Å². The van der Waals surface area contributed by atoms with Crippen molar-refractivity contribution >= 4 is 17.1 Å². The number of hydrogen-bond donors (Lipinski definition) is 2. The first-order chi connectivity index (χ1) is 14.8. The molecule has 1 atom stereocenters. The first-order valence-electron chi connectivity index (χ1n) is 10.3. The van der Waals surface area contributed by atoms with E-state index in [0.29, 0.717) is 6.54 Å². The van der Waals surface area contributed by atoms with Crippen LogP contribution in [0.3, 0.4) is 0 Å². The summed E-state index contributed by atoms with van der Waals surface area (Å²) in [6, 6.07) is 28.2. The lowest BCUT2D eigenvalue weighted by Crippen LogP contribution is -2.39. The van der Waals surface area contributed by atoms with Crippen molar-refractivity contribution in [3.05, 3.63) is 102 Å². The predicted molar refractivity (Wildman–Crippen MR) is 120 cm³/mol. The van der Waals surface area contributed by atoms with Gasteiger partial charge in [0.15, 0.2) is 0 Å². The molecule has 0 spiro atoms. The number of nitrogens with one attached hydrogen (secondary N) is 2. The van der Waals surface area contributed by atoms with E-state index in [9.17, 15) is 4.79 Å². The highest BCUT2D eigenvalue weighted by molar-refractivity contribution is 5.75. The molecule has 0 aliphatic rings. The van der Waals surface area contributed by atoms with Crippen molar-refractivity contribution in [1.29, 1.82) is 0 Å². The zero-order chi connectivity index (χ0) is 20.6. The Hall–Kier alpha value is -3.60. The van der Waals surface area contributed by atoms with Crippen LogP contribution in [0, 0.1) is 0 Å². The number of imidazole rings is 1. The minimum atomic E-state index is -0.143. The fraction of sp³-hybridized carbons (Fsp3) is 0.200. The molecule has 2 N–H and O–H groups in total. The molecule has 1 heterocycles. The zero-order valence-corrected chi connectivity index (χ0v) is 16.9. The lowest BCUT2D eigenvalue weighted by atomic mass is 9.99. The van der Waals surface area contributed by atoms with Gasteiger partial charge in [-0.2, -0.15) is 0 Å². The molecule has 0 radical (unpaired) electrons. The van der Waals surface area contributed by atoms with Gasteiger partial charge in [-0.25, -0.2) is 9.78 Å². The van der Waals surface area contributed by atoms with E-state index in [1.54, 1.807) is 0 Å². The van der Waals surface area contributed by atoms with Crippen LogP contribution < -0.4 is 10.6 Å². The van der Waals surface area contributed by atoms with Gasteiger partial charge in [0.05, 0.1) is 23.4 Å². The molecule has 30 heavy (non-hydrogen) atoms. The third-order valence-electron chi connectivity index (χ3n) is 5.18. The second-order valence-corrected chi connectivity index (χ2v) is 7.33. The Morgan fingerprint density at radius 2 is 1.60 bits per heavy atom. The Balaban J connectivity index is 1.31. The van der Waals surface area contributed by atoms with Crippen LogP contribution in [0.4, 0.5) is 4.79 Å². The number of aromatic nitrogens is 2. The standard InChI is InChI=1S/C25H26N4O/c30-25(26-16-9-17-29-19-27-22-14-7-8-15-24(22)29)28-23(21-12-5-2-6-13-21)18-20-10-3-1-4-11-20/h1-8,10-15,19,23H,9,16-18H2,(H2,26,28,30)/t23-/m0/s1. The summed E-state index contributed by atoms with van der Waals surface area (Å²) in [5, 5.41) is 6.13. The van der Waals surface area contributed by atoms with Crippen molar-refractivity contribution in [2.45, 2.75) is 25.4 Å². The highest BCUT2D eigenvalue weighted by Gasteiger charge is 2.15. The SMILES string of the molecule is O=C(NCCCn1cnc2ccccc21)N[C@@H](Cc1ccccc1)c1ccccc1. The maximum Gasteiger partial charge on any atom is 0.315 e. The largest absolute Gasteiger partial charge is 0.338 e. The van der Waals surface area contributed by atoms with Gasteiger partial charge in [0.2, 0.25) is 0 Å². The van der Waals surface area contributed by atoms with Gasteiger partial charge in [0.1, 0.15) is 0 Å². The fourth-order valence-corrected chi connectivity index (χ4v) is 3.64. The van der Waals surface area contributed by atoms with Crippen LogP contribution in [-0.4, -0.2) is 22.1 Å². The molecule has 0 aliphatic carbocycles. The van der Waals surface area contributed by atoms with Crippen LogP contribution in [0.25, 0.3) is 11.0 Å². The van der Waals surface area contributed by atoms with Crippen molar-refractivity contribution in [1.82, 2.24) is 20.2 Å². The predicted octanol–water partition coefficient (Wildman–Crippen LogP) is 4.71. The molecular formula is C25H26N4O. The van der Waals surface area contributed by atoms with Gasteiger partial charge in [-0.3, -0.25) is 0 Å². The normalized spacial score (nSPS) is 11.9. The van der Waals surface area contributed by atoms with E-state index in [-0.39, 0.29) is 12.1 Å². The summed E-state index contributed by atoms with van der Waals surface area (Å²) in [5.41, 5.74) is 4.41. The third kappa shape index (κ3) is 5.06. The van der Waals surface area contributed by atoms with Crippen molar-refractivity contribution in [2.75, 3.05) is 6.54 Å². The number of carbonyl (C=O) groups is 1. The van der Waals surface area contributed by atoms with Gasteiger partial charge >= 0.3 is 6.03 Å². The summed E-state index contributed by atoms with van der Waals surface area (Å²) in [4.78, 5) is 17.0. The number of nitrogens with zero attached hydrogens (tertiary/aromatic N) is 2. The molecule has 5 nitrogen and oxygen atoms in total. The summed E-state index contributed by atoms with van der Waals surface area (Å²) in [6.45, 7) is 1.41. The molecule has 2 amide bonds. The fourth-order valence-electron chi connectivity index (χ4n) is 3.64. The maximum atomic E-state index is 12.5. The Morgan fingerprint density at radius 3 is 2.40 bits per heavy atom. The molecular weight excluding hydrogens is 372 g/mol. The minimum Gasteiger partial charge on any atom is -0.338 e. The van der Waals surface area contributed by atoms with E-state index < -0.39 is 0 Å². The molecule has 0 fully saturated rings. The summed E-state index contributed by atoms with van der Waals surface area (Å²) in [5.74, 6) is 0. The monoisotopic (exact) mass is 398 g/mol. The van der Waals surface area contributed by atoms with Gasteiger partial charge in [-0.05, 0) is 36.1 Å². The highest BCUT2D eigenvalue weighted by Crippen LogP contribution is 2.18.